The van der Waals surface area contributed by atoms with Crippen molar-refractivity contribution in [2.45, 2.75) is 106 Å². The van der Waals surface area contributed by atoms with Gasteiger partial charge >= 0.3 is 0 Å². The van der Waals surface area contributed by atoms with Gasteiger partial charge in [0.1, 0.15) is 0 Å². The van der Waals surface area contributed by atoms with E-state index in [1.165, 1.54) is 57.8 Å². The molecule has 0 spiro atoms. The van der Waals surface area contributed by atoms with Gasteiger partial charge in [0.2, 0.25) is 0 Å². The second-order valence-corrected chi connectivity index (χ2v) is 12.2. The van der Waals surface area contributed by atoms with Crippen LogP contribution in [0.1, 0.15) is 106 Å². The largest absolute Gasteiger partial charge is 0.0841 e. The fourth-order valence-electron chi connectivity index (χ4n) is 9.04. The Morgan fingerprint density at radius 1 is 1.00 bits per heavy atom. The zero-order valence-corrected chi connectivity index (χ0v) is 18.8. The van der Waals surface area contributed by atoms with Crippen LogP contribution in [-0.2, 0) is 0 Å². The van der Waals surface area contributed by atoms with Gasteiger partial charge in [0.25, 0.3) is 0 Å². The Kier molecular flexibility index (Phi) is 4.31. The lowest BCUT2D eigenvalue weighted by molar-refractivity contribution is -0.0797. The van der Waals surface area contributed by atoms with Crippen molar-refractivity contribution in [3.63, 3.8) is 0 Å². The Hall–Kier alpha value is -0.260. The summed E-state index contributed by atoms with van der Waals surface area (Å²) < 4.78 is 0. The second-order valence-electron chi connectivity index (χ2n) is 12.2. The molecule has 0 aliphatic heterocycles. The van der Waals surface area contributed by atoms with Crippen molar-refractivity contribution in [2.75, 3.05) is 0 Å². The molecule has 26 heavy (non-hydrogen) atoms. The minimum Gasteiger partial charge on any atom is -0.0841 e. The first-order valence-electron chi connectivity index (χ1n) is 11.8. The Morgan fingerprint density at radius 2 is 1.73 bits per heavy atom. The van der Waals surface area contributed by atoms with E-state index in [4.69, 9.17) is 0 Å². The molecule has 4 rings (SSSR count). The fraction of sp³-hybridized carbons (Fsp3) is 0.923. The number of rotatable bonds is 2. The second kappa shape index (κ2) is 5.87. The van der Waals surface area contributed by atoms with Crippen LogP contribution in [0.5, 0.6) is 0 Å². The van der Waals surface area contributed by atoms with Crippen LogP contribution in [0, 0.1) is 45.3 Å². The van der Waals surface area contributed by atoms with Gasteiger partial charge in [-0.2, -0.15) is 0 Å². The van der Waals surface area contributed by atoms with E-state index in [-0.39, 0.29) is 0 Å². The number of hydrogen-bond acceptors (Lipinski definition) is 0. The van der Waals surface area contributed by atoms with Crippen LogP contribution >= 0.6 is 0 Å². The van der Waals surface area contributed by atoms with E-state index in [1.54, 1.807) is 0 Å². The van der Waals surface area contributed by atoms with Crippen molar-refractivity contribution in [1.82, 2.24) is 0 Å². The van der Waals surface area contributed by atoms with Gasteiger partial charge in [-0.15, -0.1) is 0 Å². The van der Waals surface area contributed by atoms with Gasteiger partial charge in [-0.25, -0.2) is 0 Å². The third-order valence-corrected chi connectivity index (χ3v) is 11.0. The maximum atomic E-state index is 2.79. The molecular formula is C26H44. The molecule has 0 aromatic heterocycles. The fourth-order valence-corrected chi connectivity index (χ4v) is 9.04. The molecule has 0 nitrogen and oxygen atoms in total. The molecule has 0 amide bonds. The molecule has 0 saturated heterocycles. The van der Waals surface area contributed by atoms with Crippen LogP contribution in [-0.4, -0.2) is 0 Å². The van der Waals surface area contributed by atoms with Crippen molar-refractivity contribution in [3.05, 3.63) is 11.6 Å². The van der Waals surface area contributed by atoms with Crippen LogP contribution < -0.4 is 0 Å². The SMILES string of the molecule is CC[C@H](C)[C@@H]1CC[C@]2(C)C3=CC[C@H]4C(C)(C)CCC[C@]4(C)[C@H]3CC[C@@]12C. The molecule has 0 aromatic carbocycles. The Balaban J connectivity index is 1.74. The summed E-state index contributed by atoms with van der Waals surface area (Å²) in [5, 5.41) is 0. The molecule has 4 aliphatic rings. The van der Waals surface area contributed by atoms with E-state index in [2.05, 4.69) is 54.5 Å². The normalized spacial score (nSPS) is 51.0. The molecule has 0 aromatic rings. The summed E-state index contributed by atoms with van der Waals surface area (Å²) in [7, 11) is 0. The molecule has 0 radical (unpaired) electrons. The average Bonchev–Trinajstić information content (AvgIpc) is 2.85. The van der Waals surface area contributed by atoms with Crippen molar-refractivity contribution >= 4 is 0 Å². The lowest BCUT2D eigenvalue weighted by Crippen LogP contribution is -2.55. The number of hydrogen-bond donors (Lipinski definition) is 0. The summed E-state index contributed by atoms with van der Waals surface area (Å²) in [5.41, 5.74) is 4.03. The molecule has 3 fully saturated rings. The highest BCUT2D eigenvalue weighted by molar-refractivity contribution is 5.33. The maximum absolute atomic E-state index is 2.79. The van der Waals surface area contributed by atoms with Gasteiger partial charge in [-0.05, 0) is 90.3 Å². The quantitative estimate of drug-likeness (QED) is 0.439. The third kappa shape index (κ3) is 2.26. The molecule has 3 saturated carbocycles. The van der Waals surface area contributed by atoms with Crippen LogP contribution in [0.4, 0.5) is 0 Å². The number of fused-ring (bicyclic) bond motifs is 5. The van der Waals surface area contributed by atoms with Gasteiger partial charge in [-0.1, -0.05) is 73.0 Å². The standard InChI is InChI=1S/C26H44/c1-8-18(2)19-12-16-26(7)21-10-11-22-23(3,4)14-9-15-24(22,5)20(21)13-17-25(19,26)6/h10,18-20,22H,8-9,11-17H2,1-7H3/t18-,19-,20-,22-,24+,25-,26+/m0/s1. The van der Waals surface area contributed by atoms with E-state index in [1.807, 2.05) is 5.57 Å². The average molecular weight is 357 g/mol. The predicted octanol–water partition coefficient (Wildman–Crippen LogP) is 8.03. The van der Waals surface area contributed by atoms with Gasteiger partial charge in [0, 0.05) is 0 Å². The molecule has 7 atom stereocenters. The summed E-state index contributed by atoms with van der Waals surface area (Å²) in [6.45, 7) is 18.1. The summed E-state index contributed by atoms with van der Waals surface area (Å²) in [6.07, 6.45) is 15.7. The molecule has 0 N–H and O–H groups in total. The Bertz CT molecular complexity index is 597. The lowest BCUT2D eigenvalue weighted by Gasteiger charge is -2.63. The van der Waals surface area contributed by atoms with Crippen molar-refractivity contribution in [2.24, 2.45) is 45.3 Å². The zero-order valence-electron chi connectivity index (χ0n) is 18.8. The summed E-state index contributed by atoms with van der Waals surface area (Å²) in [6, 6.07) is 0. The van der Waals surface area contributed by atoms with Gasteiger partial charge in [0.05, 0.1) is 0 Å². The third-order valence-electron chi connectivity index (χ3n) is 11.0. The first kappa shape index (κ1) is 19.1. The molecule has 4 aliphatic carbocycles. The van der Waals surface area contributed by atoms with Gasteiger partial charge in [0.15, 0.2) is 0 Å². The Labute approximate surface area is 163 Å². The zero-order chi connectivity index (χ0) is 19.0. The highest BCUT2D eigenvalue weighted by Crippen LogP contribution is 2.73. The first-order chi connectivity index (χ1) is 12.1. The molecule has 0 bridgehead atoms. The van der Waals surface area contributed by atoms with Gasteiger partial charge < -0.3 is 0 Å². The van der Waals surface area contributed by atoms with E-state index in [0.717, 1.165) is 23.7 Å². The highest BCUT2D eigenvalue weighted by Gasteiger charge is 2.64. The molecule has 0 unspecified atom stereocenters. The first-order valence-corrected chi connectivity index (χ1v) is 11.8. The van der Waals surface area contributed by atoms with Crippen LogP contribution in [0.2, 0.25) is 0 Å². The smallest absolute Gasteiger partial charge is 0.00568 e. The minimum atomic E-state index is 0.472. The van der Waals surface area contributed by atoms with Crippen molar-refractivity contribution in [3.8, 4) is 0 Å². The summed E-state index contributed by atoms with van der Waals surface area (Å²) in [4.78, 5) is 0. The molecule has 0 heterocycles. The molecular weight excluding hydrogens is 312 g/mol. The minimum absolute atomic E-state index is 0.472. The summed E-state index contributed by atoms with van der Waals surface area (Å²) in [5.74, 6) is 3.60. The number of allylic oxidation sites excluding steroid dienone is 2. The van der Waals surface area contributed by atoms with Crippen LogP contribution in [0.3, 0.4) is 0 Å². The predicted molar refractivity (Wildman–Crippen MR) is 113 cm³/mol. The monoisotopic (exact) mass is 356 g/mol. The van der Waals surface area contributed by atoms with E-state index in [0.29, 0.717) is 21.7 Å². The van der Waals surface area contributed by atoms with Crippen LogP contribution in [0.15, 0.2) is 11.6 Å². The lowest BCUT2D eigenvalue weighted by atomic mass is 9.41. The topological polar surface area (TPSA) is 0 Å². The van der Waals surface area contributed by atoms with E-state index < -0.39 is 0 Å². The molecule has 0 heteroatoms. The van der Waals surface area contributed by atoms with E-state index >= 15 is 0 Å². The van der Waals surface area contributed by atoms with Crippen molar-refractivity contribution in [1.29, 1.82) is 0 Å². The highest BCUT2D eigenvalue weighted by atomic mass is 14.7. The van der Waals surface area contributed by atoms with E-state index in [9.17, 15) is 0 Å². The Morgan fingerprint density at radius 3 is 2.42 bits per heavy atom. The van der Waals surface area contributed by atoms with Crippen LogP contribution in [0.25, 0.3) is 0 Å². The molecule has 148 valence electrons. The van der Waals surface area contributed by atoms with Gasteiger partial charge in [-0.3, -0.25) is 0 Å². The van der Waals surface area contributed by atoms with Crippen molar-refractivity contribution < 1.29 is 0 Å². The maximum Gasteiger partial charge on any atom is -0.00568 e. The summed E-state index contributed by atoms with van der Waals surface area (Å²) >= 11 is 0.